The van der Waals surface area contributed by atoms with Crippen molar-refractivity contribution in [2.75, 3.05) is 5.73 Å². The Morgan fingerprint density at radius 2 is 2.00 bits per heavy atom. The number of aromatic nitrogens is 2. The van der Waals surface area contributed by atoms with Crippen LogP contribution < -0.4 is 5.73 Å². The van der Waals surface area contributed by atoms with Crippen molar-refractivity contribution in [2.24, 2.45) is 5.41 Å². The lowest BCUT2D eigenvalue weighted by molar-refractivity contribution is 0.0995. The van der Waals surface area contributed by atoms with Gasteiger partial charge in [-0.1, -0.05) is 34.1 Å². The van der Waals surface area contributed by atoms with Gasteiger partial charge in [0, 0.05) is 17.6 Å². The second-order valence-corrected chi connectivity index (χ2v) is 7.73. The van der Waals surface area contributed by atoms with E-state index in [0.717, 1.165) is 17.7 Å². The fourth-order valence-corrected chi connectivity index (χ4v) is 3.52. The van der Waals surface area contributed by atoms with Crippen LogP contribution in [0.1, 0.15) is 59.2 Å². The maximum Gasteiger partial charge on any atom is 0.115 e. The molecular formula is C18H27N3. The van der Waals surface area contributed by atoms with E-state index in [4.69, 9.17) is 10.7 Å². The van der Waals surface area contributed by atoms with Gasteiger partial charge in [-0.2, -0.15) is 0 Å². The predicted molar refractivity (Wildman–Crippen MR) is 89.4 cm³/mol. The van der Waals surface area contributed by atoms with Gasteiger partial charge < -0.3 is 10.3 Å². The third kappa shape index (κ3) is 2.43. The molecule has 2 aromatic rings. The summed E-state index contributed by atoms with van der Waals surface area (Å²) >= 11 is 0. The first-order chi connectivity index (χ1) is 9.85. The van der Waals surface area contributed by atoms with E-state index in [1.54, 1.807) is 0 Å². The summed E-state index contributed by atoms with van der Waals surface area (Å²) in [6.07, 6.45) is 5.33. The molecule has 1 saturated carbocycles. The quantitative estimate of drug-likeness (QED) is 0.844. The number of benzene rings is 1. The Labute approximate surface area is 127 Å². The first kappa shape index (κ1) is 14.4. The zero-order valence-corrected chi connectivity index (χ0v) is 13.7. The van der Waals surface area contributed by atoms with Crippen LogP contribution in [0, 0.1) is 5.41 Å². The Balaban J connectivity index is 2.14. The Bertz CT molecular complexity index is 651. The molecule has 114 valence electrons. The molecule has 0 bridgehead atoms. The minimum atomic E-state index is 0.0481. The zero-order valence-electron chi connectivity index (χ0n) is 13.7. The minimum Gasteiger partial charge on any atom is -0.399 e. The fourth-order valence-electron chi connectivity index (χ4n) is 3.52. The van der Waals surface area contributed by atoms with Crippen LogP contribution >= 0.6 is 0 Å². The van der Waals surface area contributed by atoms with Gasteiger partial charge in [-0.15, -0.1) is 0 Å². The van der Waals surface area contributed by atoms with Crippen molar-refractivity contribution in [1.29, 1.82) is 0 Å². The smallest absolute Gasteiger partial charge is 0.115 e. The number of nitrogens with zero attached hydrogens (tertiary/aromatic N) is 2. The van der Waals surface area contributed by atoms with Gasteiger partial charge in [0.05, 0.1) is 11.0 Å². The van der Waals surface area contributed by atoms with E-state index >= 15 is 0 Å². The first-order valence-electron chi connectivity index (χ1n) is 8.11. The molecule has 2 N–H and O–H groups in total. The molecule has 0 saturated heterocycles. The van der Waals surface area contributed by atoms with Gasteiger partial charge in [-0.3, -0.25) is 0 Å². The minimum absolute atomic E-state index is 0.0481. The summed E-state index contributed by atoms with van der Waals surface area (Å²) in [5.74, 6) is 1.18. The molecule has 0 amide bonds. The first-order valence-corrected chi connectivity index (χ1v) is 8.11. The van der Waals surface area contributed by atoms with Gasteiger partial charge in [-0.25, -0.2) is 4.98 Å². The second-order valence-electron chi connectivity index (χ2n) is 7.73. The highest BCUT2D eigenvalue weighted by molar-refractivity contribution is 5.80. The van der Waals surface area contributed by atoms with Crippen LogP contribution in [0.5, 0.6) is 0 Å². The molecule has 0 unspecified atom stereocenters. The fraction of sp³-hybridized carbons (Fsp3) is 0.611. The van der Waals surface area contributed by atoms with Crippen LogP contribution in [0.2, 0.25) is 0 Å². The third-order valence-corrected chi connectivity index (χ3v) is 5.10. The maximum absolute atomic E-state index is 5.93. The molecule has 0 spiro atoms. The van der Waals surface area contributed by atoms with Gasteiger partial charge >= 0.3 is 0 Å². The van der Waals surface area contributed by atoms with Gasteiger partial charge in [-0.05, 0) is 42.9 Å². The highest BCUT2D eigenvalue weighted by atomic mass is 15.1. The normalized spacial score (nSPS) is 17.9. The van der Waals surface area contributed by atoms with Crippen LogP contribution in [-0.4, -0.2) is 9.55 Å². The number of rotatable bonds is 3. The van der Waals surface area contributed by atoms with Gasteiger partial charge in [0.15, 0.2) is 0 Å². The highest BCUT2D eigenvalue weighted by Crippen LogP contribution is 2.46. The average Bonchev–Trinajstić information content (AvgIpc) is 2.71. The van der Waals surface area contributed by atoms with Crippen LogP contribution in [0.4, 0.5) is 5.69 Å². The number of nitrogen functional groups attached to an aromatic ring is 1. The lowest BCUT2D eigenvalue weighted by Gasteiger charge is -2.42. The summed E-state index contributed by atoms with van der Waals surface area (Å²) in [4.78, 5) is 4.90. The zero-order chi connectivity index (χ0) is 15.3. The third-order valence-electron chi connectivity index (χ3n) is 5.10. The Hall–Kier alpha value is -1.51. The second kappa shape index (κ2) is 4.75. The van der Waals surface area contributed by atoms with Crippen LogP contribution in [0.3, 0.4) is 0 Å². The van der Waals surface area contributed by atoms with Gasteiger partial charge in [0.2, 0.25) is 0 Å². The Kier molecular flexibility index (Phi) is 3.27. The molecule has 1 aliphatic rings. The number of fused-ring (bicyclic) bond motifs is 1. The van der Waals surface area contributed by atoms with Crippen molar-refractivity contribution in [1.82, 2.24) is 9.55 Å². The number of nitrogens with two attached hydrogens (primary N) is 1. The van der Waals surface area contributed by atoms with Crippen molar-refractivity contribution in [3.63, 3.8) is 0 Å². The number of anilines is 1. The topological polar surface area (TPSA) is 43.8 Å². The molecule has 3 nitrogen and oxygen atoms in total. The Morgan fingerprint density at radius 3 is 2.52 bits per heavy atom. The molecule has 3 rings (SSSR count). The van der Waals surface area contributed by atoms with Crippen LogP contribution in [0.15, 0.2) is 18.2 Å². The number of imidazole rings is 1. The summed E-state index contributed by atoms with van der Waals surface area (Å²) in [5.41, 5.74) is 9.52. The summed E-state index contributed by atoms with van der Waals surface area (Å²) in [6, 6.07) is 6.13. The molecule has 0 radical (unpaired) electrons. The maximum atomic E-state index is 5.93. The van der Waals surface area contributed by atoms with Gasteiger partial charge in [0.1, 0.15) is 5.82 Å². The summed E-state index contributed by atoms with van der Waals surface area (Å²) in [5, 5.41) is 0. The van der Waals surface area contributed by atoms with E-state index in [1.807, 2.05) is 12.1 Å². The predicted octanol–water partition coefficient (Wildman–Crippen LogP) is 4.50. The summed E-state index contributed by atoms with van der Waals surface area (Å²) in [7, 11) is 0. The van der Waals surface area contributed by atoms with Crippen molar-refractivity contribution < 1.29 is 0 Å². The van der Waals surface area contributed by atoms with Crippen molar-refractivity contribution in [2.45, 2.75) is 65.3 Å². The van der Waals surface area contributed by atoms with E-state index in [0.29, 0.717) is 5.41 Å². The number of hydrogen-bond donors (Lipinski definition) is 1. The molecular weight excluding hydrogens is 258 g/mol. The highest BCUT2D eigenvalue weighted by Gasteiger charge is 2.37. The van der Waals surface area contributed by atoms with Crippen molar-refractivity contribution in [3.8, 4) is 0 Å². The van der Waals surface area contributed by atoms with Crippen molar-refractivity contribution in [3.05, 3.63) is 24.0 Å². The van der Waals surface area contributed by atoms with Crippen molar-refractivity contribution >= 4 is 16.7 Å². The van der Waals surface area contributed by atoms with Crippen LogP contribution in [0.25, 0.3) is 11.0 Å². The molecule has 1 aromatic carbocycles. The molecule has 1 aliphatic carbocycles. The monoisotopic (exact) mass is 285 g/mol. The number of hydrogen-bond acceptors (Lipinski definition) is 2. The van der Waals surface area contributed by atoms with E-state index < -0.39 is 0 Å². The lowest BCUT2D eigenvalue weighted by Crippen LogP contribution is -2.35. The molecule has 0 aliphatic heterocycles. The Morgan fingerprint density at radius 1 is 1.29 bits per heavy atom. The average molecular weight is 285 g/mol. The molecule has 0 atom stereocenters. The largest absolute Gasteiger partial charge is 0.399 e. The van der Waals surface area contributed by atoms with E-state index in [-0.39, 0.29) is 5.41 Å². The van der Waals surface area contributed by atoms with E-state index in [9.17, 15) is 0 Å². The molecule has 1 heterocycles. The summed E-state index contributed by atoms with van der Waals surface area (Å²) < 4.78 is 2.46. The molecule has 1 aromatic heterocycles. The van der Waals surface area contributed by atoms with E-state index in [1.165, 1.54) is 37.0 Å². The van der Waals surface area contributed by atoms with E-state index in [2.05, 4.69) is 38.3 Å². The van der Waals surface area contributed by atoms with Crippen LogP contribution in [-0.2, 0) is 12.0 Å². The SMILES string of the molecule is CCC1(Cn2c(C(C)(C)C)nc3cc(N)ccc32)CCC1. The molecule has 21 heavy (non-hydrogen) atoms. The standard InChI is InChI=1S/C18H27N3/c1-5-18(9-6-10-18)12-21-15-8-7-13(19)11-14(15)20-16(21)17(2,3)4/h7-8,11H,5-6,9-10,12,19H2,1-4H3. The lowest BCUT2D eigenvalue weighted by atomic mass is 9.67. The van der Waals surface area contributed by atoms with Gasteiger partial charge in [0.25, 0.3) is 0 Å². The molecule has 3 heteroatoms. The molecule has 1 fully saturated rings. The summed E-state index contributed by atoms with van der Waals surface area (Å²) in [6.45, 7) is 10.2.